The molecular formula is C20H25N3O3. The second kappa shape index (κ2) is 8.01. The lowest BCUT2D eigenvalue weighted by atomic mass is 10.0. The molecule has 138 valence electrons. The summed E-state index contributed by atoms with van der Waals surface area (Å²) in [5.74, 6) is 1.04. The van der Waals surface area contributed by atoms with Gasteiger partial charge < -0.3 is 14.2 Å². The van der Waals surface area contributed by atoms with E-state index in [0.29, 0.717) is 32.8 Å². The molecule has 6 nitrogen and oxygen atoms in total. The van der Waals surface area contributed by atoms with Crippen LogP contribution in [0.25, 0.3) is 11.3 Å². The van der Waals surface area contributed by atoms with Gasteiger partial charge >= 0.3 is 0 Å². The van der Waals surface area contributed by atoms with Gasteiger partial charge in [0.1, 0.15) is 5.69 Å². The Balaban J connectivity index is 1.45. The highest BCUT2D eigenvalue weighted by Gasteiger charge is 2.33. The predicted octanol–water partition coefficient (Wildman–Crippen LogP) is 2.55. The molecule has 4 rings (SSSR count). The molecule has 1 aromatic heterocycles. The van der Waals surface area contributed by atoms with E-state index in [9.17, 15) is 4.79 Å². The maximum Gasteiger partial charge on any atom is 0.240 e. The SMILES string of the molecule is O=C(C1CCCCN1Cc1cc(-c2ccccc2)no1)N1CCOCC1. The van der Waals surface area contributed by atoms with E-state index in [2.05, 4.69) is 10.1 Å². The zero-order chi connectivity index (χ0) is 17.8. The number of piperidine rings is 1. The van der Waals surface area contributed by atoms with Crippen LogP contribution in [0.15, 0.2) is 40.9 Å². The van der Waals surface area contributed by atoms with Crippen molar-refractivity contribution in [2.75, 3.05) is 32.8 Å². The number of aromatic nitrogens is 1. The van der Waals surface area contributed by atoms with Gasteiger partial charge in [-0.15, -0.1) is 0 Å². The summed E-state index contributed by atoms with van der Waals surface area (Å²) >= 11 is 0. The lowest BCUT2D eigenvalue weighted by Crippen LogP contribution is -2.53. The molecule has 1 unspecified atom stereocenters. The Morgan fingerprint density at radius 2 is 1.92 bits per heavy atom. The summed E-state index contributed by atoms with van der Waals surface area (Å²) in [5, 5.41) is 4.20. The summed E-state index contributed by atoms with van der Waals surface area (Å²) in [6.45, 7) is 4.22. The van der Waals surface area contributed by atoms with Crippen molar-refractivity contribution in [2.24, 2.45) is 0 Å². The van der Waals surface area contributed by atoms with E-state index in [1.807, 2.05) is 41.3 Å². The molecule has 0 bridgehead atoms. The van der Waals surface area contributed by atoms with Gasteiger partial charge in [-0.1, -0.05) is 41.9 Å². The molecule has 0 radical (unpaired) electrons. The molecule has 0 N–H and O–H groups in total. The van der Waals surface area contributed by atoms with Gasteiger partial charge in [-0.05, 0) is 19.4 Å². The molecule has 6 heteroatoms. The highest BCUT2D eigenvalue weighted by atomic mass is 16.5. The van der Waals surface area contributed by atoms with Crippen LogP contribution >= 0.6 is 0 Å². The number of nitrogens with zero attached hydrogens (tertiary/aromatic N) is 3. The Morgan fingerprint density at radius 3 is 2.73 bits per heavy atom. The number of benzene rings is 1. The third kappa shape index (κ3) is 3.81. The average Bonchev–Trinajstić information content (AvgIpc) is 3.18. The van der Waals surface area contributed by atoms with Crippen molar-refractivity contribution in [3.05, 3.63) is 42.2 Å². The molecule has 2 aliphatic heterocycles. The largest absolute Gasteiger partial charge is 0.378 e. The molecule has 0 aliphatic carbocycles. The number of hydrogen-bond donors (Lipinski definition) is 0. The van der Waals surface area contributed by atoms with Crippen LogP contribution in [0.5, 0.6) is 0 Å². The van der Waals surface area contributed by atoms with Crippen LogP contribution in [0.1, 0.15) is 25.0 Å². The molecule has 2 aromatic rings. The first kappa shape index (κ1) is 17.2. The Labute approximate surface area is 153 Å². The van der Waals surface area contributed by atoms with Crippen LogP contribution < -0.4 is 0 Å². The minimum atomic E-state index is -0.0628. The van der Waals surface area contributed by atoms with E-state index < -0.39 is 0 Å². The Morgan fingerprint density at radius 1 is 1.12 bits per heavy atom. The maximum absolute atomic E-state index is 13.0. The number of morpholine rings is 1. The number of hydrogen-bond acceptors (Lipinski definition) is 5. The van der Waals surface area contributed by atoms with Gasteiger partial charge in [0.2, 0.25) is 5.91 Å². The maximum atomic E-state index is 13.0. The van der Waals surface area contributed by atoms with Crippen molar-refractivity contribution in [1.29, 1.82) is 0 Å². The monoisotopic (exact) mass is 355 g/mol. The van der Waals surface area contributed by atoms with E-state index >= 15 is 0 Å². The summed E-state index contributed by atoms with van der Waals surface area (Å²) in [7, 11) is 0. The van der Waals surface area contributed by atoms with Crippen LogP contribution in [-0.2, 0) is 16.1 Å². The van der Waals surface area contributed by atoms with Gasteiger partial charge in [-0.25, -0.2) is 0 Å². The van der Waals surface area contributed by atoms with Crippen molar-refractivity contribution in [3.63, 3.8) is 0 Å². The topological polar surface area (TPSA) is 58.8 Å². The second-order valence-corrected chi connectivity index (χ2v) is 6.96. The molecular weight excluding hydrogens is 330 g/mol. The summed E-state index contributed by atoms with van der Waals surface area (Å²) in [6.07, 6.45) is 3.13. The molecule has 1 amide bonds. The Hall–Kier alpha value is -2.18. The third-order valence-electron chi connectivity index (χ3n) is 5.21. The highest BCUT2D eigenvalue weighted by molar-refractivity contribution is 5.82. The van der Waals surface area contributed by atoms with Crippen molar-refractivity contribution >= 4 is 5.91 Å². The van der Waals surface area contributed by atoms with Crippen LogP contribution in [0.3, 0.4) is 0 Å². The van der Waals surface area contributed by atoms with Crippen LogP contribution in [0, 0.1) is 0 Å². The fraction of sp³-hybridized carbons (Fsp3) is 0.500. The normalized spacial score (nSPS) is 21.7. The number of likely N-dealkylation sites (tertiary alicyclic amines) is 1. The molecule has 2 aliphatic rings. The highest BCUT2D eigenvalue weighted by Crippen LogP contribution is 2.24. The van der Waals surface area contributed by atoms with E-state index in [1.165, 1.54) is 0 Å². The van der Waals surface area contributed by atoms with Gasteiger partial charge in [-0.2, -0.15) is 0 Å². The summed E-state index contributed by atoms with van der Waals surface area (Å²) < 4.78 is 10.9. The molecule has 1 atom stereocenters. The van der Waals surface area contributed by atoms with E-state index in [0.717, 1.165) is 42.8 Å². The summed E-state index contributed by atoms with van der Waals surface area (Å²) in [5.41, 5.74) is 1.88. The minimum Gasteiger partial charge on any atom is -0.378 e. The van der Waals surface area contributed by atoms with E-state index in [-0.39, 0.29) is 11.9 Å². The van der Waals surface area contributed by atoms with Gasteiger partial charge in [0.15, 0.2) is 5.76 Å². The molecule has 3 heterocycles. The number of ether oxygens (including phenoxy) is 1. The standard InChI is InChI=1S/C20H25N3O3/c24-20(22-10-12-25-13-11-22)19-8-4-5-9-23(19)15-17-14-18(21-26-17)16-6-2-1-3-7-16/h1-3,6-7,14,19H,4-5,8-13,15H2. The van der Waals surface area contributed by atoms with Crippen LogP contribution in [-0.4, -0.2) is 59.8 Å². The van der Waals surface area contributed by atoms with E-state index in [4.69, 9.17) is 9.26 Å². The average molecular weight is 355 g/mol. The quantitative estimate of drug-likeness (QED) is 0.844. The van der Waals surface area contributed by atoms with Crippen LogP contribution in [0.4, 0.5) is 0 Å². The zero-order valence-electron chi connectivity index (χ0n) is 15.0. The number of rotatable bonds is 4. The van der Waals surface area contributed by atoms with Gasteiger partial charge in [0.05, 0.1) is 25.8 Å². The van der Waals surface area contributed by atoms with Crippen molar-refractivity contribution in [3.8, 4) is 11.3 Å². The smallest absolute Gasteiger partial charge is 0.240 e. The zero-order valence-corrected chi connectivity index (χ0v) is 15.0. The fourth-order valence-electron chi connectivity index (χ4n) is 3.79. The van der Waals surface area contributed by atoms with Crippen molar-refractivity contribution in [1.82, 2.24) is 15.0 Å². The lowest BCUT2D eigenvalue weighted by molar-refractivity contribution is -0.142. The van der Waals surface area contributed by atoms with Gasteiger partial charge in [0.25, 0.3) is 0 Å². The molecule has 2 saturated heterocycles. The third-order valence-corrected chi connectivity index (χ3v) is 5.21. The predicted molar refractivity (Wildman–Crippen MR) is 97.4 cm³/mol. The van der Waals surface area contributed by atoms with E-state index in [1.54, 1.807) is 0 Å². The first-order valence-corrected chi connectivity index (χ1v) is 9.43. The lowest BCUT2D eigenvalue weighted by Gasteiger charge is -2.38. The second-order valence-electron chi connectivity index (χ2n) is 6.96. The molecule has 1 aromatic carbocycles. The van der Waals surface area contributed by atoms with Gasteiger partial charge in [0, 0.05) is 24.7 Å². The minimum absolute atomic E-state index is 0.0628. The van der Waals surface area contributed by atoms with Crippen molar-refractivity contribution < 1.29 is 14.1 Å². The molecule has 0 saturated carbocycles. The summed E-state index contributed by atoms with van der Waals surface area (Å²) in [6, 6.07) is 11.9. The number of carbonyl (C=O) groups excluding carboxylic acids is 1. The summed E-state index contributed by atoms with van der Waals surface area (Å²) in [4.78, 5) is 17.2. The first-order chi connectivity index (χ1) is 12.8. The molecule has 26 heavy (non-hydrogen) atoms. The fourth-order valence-corrected chi connectivity index (χ4v) is 3.79. The van der Waals surface area contributed by atoms with Gasteiger partial charge in [-0.3, -0.25) is 9.69 Å². The number of amides is 1. The molecule has 0 spiro atoms. The number of carbonyl (C=O) groups is 1. The van der Waals surface area contributed by atoms with Crippen LogP contribution in [0.2, 0.25) is 0 Å². The Kier molecular flexibility index (Phi) is 5.32. The Bertz CT molecular complexity index is 725. The van der Waals surface area contributed by atoms with Crippen molar-refractivity contribution in [2.45, 2.75) is 31.8 Å². The molecule has 2 fully saturated rings. The first-order valence-electron chi connectivity index (χ1n) is 9.43.